The van der Waals surface area contributed by atoms with Gasteiger partial charge in [0.2, 0.25) is 0 Å². The summed E-state index contributed by atoms with van der Waals surface area (Å²) < 4.78 is 23.2. The van der Waals surface area contributed by atoms with Crippen molar-refractivity contribution in [2.75, 3.05) is 19.3 Å². The second kappa shape index (κ2) is 8.41. The van der Waals surface area contributed by atoms with E-state index in [0.717, 1.165) is 0 Å². The van der Waals surface area contributed by atoms with E-state index < -0.39 is 14.6 Å². The Balaban J connectivity index is 0.00000361. The van der Waals surface area contributed by atoms with Gasteiger partial charge in [-0.3, -0.25) is 4.99 Å². The van der Waals surface area contributed by atoms with Crippen LogP contribution in [0.2, 0.25) is 0 Å². The maximum atomic E-state index is 12.0. The molecule has 0 aromatic rings. The van der Waals surface area contributed by atoms with Crippen molar-refractivity contribution < 1.29 is 8.42 Å². The van der Waals surface area contributed by atoms with Gasteiger partial charge in [-0.05, 0) is 33.6 Å². The van der Waals surface area contributed by atoms with Gasteiger partial charge in [0, 0.05) is 19.6 Å². The molecule has 20 heavy (non-hydrogen) atoms. The van der Waals surface area contributed by atoms with Crippen LogP contribution < -0.4 is 10.6 Å². The van der Waals surface area contributed by atoms with E-state index in [-0.39, 0.29) is 29.7 Å². The van der Waals surface area contributed by atoms with Crippen molar-refractivity contribution in [1.82, 2.24) is 10.6 Å². The average Bonchev–Trinajstić information content (AvgIpc) is 2.78. The van der Waals surface area contributed by atoms with Crippen LogP contribution >= 0.6 is 24.0 Å². The number of hydrogen-bond donors (Lipinski definition) is 2. The molecule has 0 atom stereocenters. The van der Waals surface area contributed by atoms with Crippen LogP contribution in [0.3, 0.4) is 0 Å². The Morgan fingerprint density at radius 1 is 1.25 bits per heavy atom. The lowest BCUT2D eigenvalue weighted by Crippen LogP contribution is -2.44. The molecule has 0 saturated heterocycles. The van der Waals surface area contributed by atoms with Gasteiger partial charge >= 0.3 is 0 Å². The lowest BCUT2D eigenvalue weighted by molar-refractivity contribution is 0.558. The molecule has 0 heterocycles. The second-order valence-corrected chi connectivity index (χ2v) is 8.92. The molecule has 1 fully saturated rings. The van der Waals surface area contributed by atoms with Crippen LogP contribution in [0.15, 0.2) is 4.99 Å². The van der Waals surface area contributed by atoms with Crippen molar-refractivity contribution in [3.8, 4) is 0 Å². The first-order valence-electron chi connectivity index (χ1n) is 6.96. The van der Waals surface area contributed by atoms with Crippen LogP contribution in [-0.4, -0.2) is 44.5 Å². The molecule has 1 aliphatic carbocycles. The number of guanidine groups is 1. The van der Waals surface area contributed by atoms with Crippen LogP contribution in [0, 0.1) is 0 Å². The number of sulfone groups is 1. The summed E-state index contributed by atoms with van der Waals surface area (Å²) in [6.07, 6.45) is 4.85. The Hall–Kier alpha value is -0.0500. The molecule has 0 amide bonds. The first-order chi connectivity index (χ1) is 8.76. The van der Waals surface area contributed by atoms with Crippen molar-refractivity contribution in [3.05, 3.63) is 0 Å². The molecule has 0 aromatic carbocycles. The highest BCUT2D eigenvalue weighted by molar-refractivity contribution is 14.0. The zero-order chi connectivity index (χ0) is 14.5. The zero-order valence-corrected chi connectivity index (χ0v) is 16.0. The monoisotopic (exact) mass is 417 g/mol. The molecule has 0 spiro atoms. The lowest BCUT2D eigenvalue weighted by Gasteiger charge is -2.20. The zero-order valence-electron chi connectivity index (χ0n) is 12.9. The van der Waals surface area contributed by atoms with E-state index in [4.69, 9.17) is 0 Å². The summed E-state index contributed by atoms with van der Waals surface area (Å²) in [5, 5.41) is 6.42. The molecule has 1 rings (SSSR count). The Morgan fingerprint density at radius 2 is 1.80 bits per heavy atom. The van der Waals surface area contributed by atoms with Crippen molar-refractivity contribution in [3.63, 3.8) is 0 Å². The minimum atomic E-state index is -3.07. The molecule has 120 valence electrons. The van der Waals surface area contributed by atoms with E-state index in [1.165, 1.54) is 25.7 Å². The molecule has 0 unspecified atom stereocenters. The van der Waals surface area contributed by atoms with Crippen LogP contribution in [0.4, 0.5) is 0 Å². The first-order valence-corrected chi connectivity index (χ1v) is 8.61. The van der Waals surface area contributed by atoms with Crippen LogP contribution in [-0.2, 0) is 9.84 Å². The van der Waals surface area contributed by atoms with Gasteiger partial charge in [0.25, 0.3) is 0 Å². The summed E-state index contributed by atoms with van der Waals surface area (Å²) in [4.78, 5) is 4.13. The van der Waals surface area contributed by atoms with Gasteiger partial charge in [-0.15, -0.1) is 24.0 Å². The summed E-state index contributed by atoms with van der Waals surface area (Å²) in [6, 6.07) is 0.477. The smallest absolute Gasteiger partial charge is 0.191 e. The first kappa shape index (κ1) is 19.9. The third-order valence-electron chi connectivity index (χ3n) is 3.52. The quantitative estimate of drug-likeness (QED) is 0.417. The van der Waals surface area contributed by atoms with E-state index >= 15 is 0 Å². The van der Waals surface area contributed by atoms with E-state index in [9.17, 15) is 8.42 Å². The molecule has 5 nitrogen and oxygen atoms in total. The van der Waals surface area contributed by atoms with Gasteiger partial charge in [0.15, 0.2) is 15.8 Å². The standard InChI is InChI=1S/C13H27N3O2S.HI/c1-13(2,3)19(17,18)10-9-15-12(14-4)16-11-7-5-6-8-11;/h11H,5-10H2,1-4H3,(H2,14,15,16);1H. The number of nitrogens with one attached hydrogen (secondary N) is 2. The fraction of sp³-hybridized carbons (Fsp3) is 0.923. The molecule has 1 saturated carbocycles. The van der Waals surface area contributed by atoms with Crippen LogP contribution in [0.1, 0.15) is 46.5 Å². The van der Waals surface area contributed by atoms with Crippen molar-refractivity contribution >= 4 is 39.8 Å². The SMILES string of the molecule is CN=C(NCCS(=O)(=O)C(C)(C)C)NC1CCCC1.I. The van der Waals surface area contributed by atoms with Crippen LogP contribution in [0.5, 0.6) is 0 Å². The third kappa shape index (κ3) is 6.15. The van der Waals surface area contributed by atoms with Crippen LogP contribution in [0.25, 0.3) is 0 Å². The number of aliphatic imine (C=N–C) groups is 1. The van der Waals surface area contributed by atoms with E-state index in [1.807, 2.05) is 0 Å². The van der Waals surface area contributed by atoms with E-state index in [0.29, 0.717) is 18.5 Å². The van der Waals surface area contributed by atoms with E-state index in [2.05, 4.69) is 15.6 Å². The molecular weight excluding hydrogens is 389 g/mol. The average molecular weight is 417 g/mol. The number of nitrogens with zero attached hydrogens (tertiary/aromatic N) is 1. The number of rotatable bonds is 4. The van der Waals surface area contributed by atoms with Gasteiger partial charge in [-0.1, -0.05) is 12.8 Å². The predicted molar refractivity (Wildman–Crippen MR) is 95.7 cm³/mol. The molecule has 0 bridgehead atoms. The highest BCUT2D eigenvalue weighted by Crippen LogP contribution is 2.17. The predicted octanol–water partition coefficient (Wildman–Crippen LogP) is 1.93. The molecule has 0 aromatic heterocycles. The van der Waals surface area contributed by atoms with Crippen molar-refractivity contribution in [2.24, 2.45) is 4.99 Å². The summed E-state index contributed by atoms with van der Waals surface area (Å²) >= 11 is 0. The molecular formula is C13H28IN3O2S. The Morgan fingerprint density at radius 3 is 2.25 bits per heavy atom. The summed E-state index contributed by atoms with van der Waals surface area (Å²) in [5.74, 6) is 0.831. The maximum absolute atomic E-state index is 12.0. The third-order valence-corrected chi connectivity index (χ3v) is 6.12. The van der Waals surface area contributed by atoms with Crippen molar-refractivity contribution in [1.29, 1.82) is 0 Å². The minimum Gasteiger partial charge on any atom is -0.355 e. The second-order valence-electron chi connectivity index (χ2n) is 6.06. The molecule has 7 heteroatoms. The topological polar surface area (TPSA) is 70.6 Å². The molecule has 2 N–H and O–H groups in total. The molecule has 0 aliphatic heterocycles. The fourth-order valence-electron chi connectivity index (χ4n) is 2.07. The summed E-state index contributed by atoms with van der Waals surface area (Å²) in [5.41, 5.74) is 0. The van der Waals surface area contributed by atoms with Gasteiger partial charge < -0.3 is 10.6 Å². The number of hydrogen-bond acceptors (Lipinski definition) is 3. The largest absolute Gasteiger partial charge is 0.355 e. The Kier molecular flexibility index (Phi) is 8.39. The Bertz CT molecular complexity index is 410. The van der Waals surface area contributed by atoms with E-state index in [1.54, 1.807) is 27.8 Å². The lowest BCUT2D eigenvalue weighted by atomic mass is 10.2. The Labute approximate surface area is 140 Å². The summed E-state index contributed by atoms with van der Waals surface area (Å²) in [7, 11) is -1.36. The highest BCUT2D eigenvalue weighted by Gasteiger charge is 2.28. The van der Waals surface area contributed by atoms with Gasteiger partial charge in [0.1, 0.15) is 0 Å². The molecule has 0 radical (unpaired) electrons. The summed E-state index contributed by atoms with van der Waals surface area (Å²) in [6.45, 7) is 5.59. The van der Waals surface area contributed by atoms with Crippen molar-refractivity contribution in [2.45, 2.75) is 57.2 Å². The normalized spacial score (nSPS) is 17.7. The number of halogens is 1. The molecule has 1 aliphatic rings. The van der Waals surface area contributed by atoms with Gasteiger partial charge in [-0.2, -0.15) is 0 Å². The van der Waals surface area contributed by atoms with Gasteiger partial charge in [0.05, 0.1) is 10.5 Å². The minimum absolute atomic E-state index is 0. The van der Waals surface area contributed by atoms with Gasteiger partial charge in [-0.25, -0.2) is 8.42 Å². The fourth-order valence-corrected chi connectivity index (χ4v) is 3.05. The maximum Gasteiger partial charge on any atom is 0.191 e. The highest BCUT2D eigenvalue weighted by atomic mass is 127.